The van der Waals surface area contributed by atoms with Crippen molar-refractivity contribution in [3.05, 3.63) is 24.3 Å². The summed E-state index contributed by atoms with van der Waals surface area (Å²) in [4.78, 5) is 2.04. The second-order valence-electron chi connectivity index (χ2n) is 5.09. The summed E-state index contributed by atoms with van der Waals surface area (Å²) in [6, 6.07) is 6.33. The topological polar surface area (TPSA) is 60.9 Å². The van der Waals surface area contributed by atoms with Crippen molar-refractivity contribution in [2.45, 2.75) is 23.8 Å². The predicted octanol–water partition coefficient (Wildman–Crippen LogP) is 1.11. The smallest absolute Gasteiger partial charge is 0.246 e. The number of phenolic OH excluding ortho intramolecular Hbond substituents is 1. The Balaban J connectivity index is 2.28. The Bertz CT molecular complexity index is 543. The van der Waals surface area contributed by atoms with Crippen LogP contribution in [0.15, 0.2) is 29.2 Å². The van der Waals surface area contributed by atoms with Crippen LogP contribution in [0.5, 0.6) is 5.75 Å². The van der Waals surface area contributed by atoms with E-state index in [9.17, 15) is 13.5 Å². The summed E-state index contributed by atoms with van der Waals surface area (Å²) in [7, 11) is 0.316. The molecule has 19 heavy (non-hydrogen) atoms. The molecular formula is C13H20N2O3S. The van der Waals surface area contributed by atoms with Crippen LogP contribution >= 0.6 is 0 Å². The molecule has 0 aliphatic carbocycles. The maximum Gasteiger partial charge on any atom is 0.246 e. The third-order valence-corrected chi connectivity index (χ3v) is 5.49. The number of hydrogen-bond donors (Lipinski definition) is 1. The van der Waals surface area contributed by atoms with Gasteiger partial charge < -0.3 is 10.0 Å². The lowest BCUT2D eigenvalue weighted by atomic mass is 10.1. The number of piperidine rings is 1. The number of aromatic hydroxyl groups is 1. The molecule has 6 heteroatoms. The molecular weight excluding hydrogens is 264 g/mol. The molecule has 0 amide bonds. The minimum atomic E-state index is -3.60. The van der Waals surface area contributed by atoms with Crippen molar-refractivity contribution in [1.82, 2.24) is 9.21 Å². The molecule has 0 radical (unpaired) electrons. The van der Waals surface area contributed by atoms with E-state index in [0.29, 0.717) is 13.1 Å². The Morgan fingerprint density at radius 1 is 1.32 bits per heavy atom. The fourth-order valence-electron chi connectivity index (χ4n) is 2.38. The lowest BCUT2D eigenvalue weighted by Crippen LogP contribution is -2.47. The zero-order valence-electron chi connectivity index (χ0n) is 11.3. The quantitative estimate of drug-likeness (QED) is 0.903. The van der Waals surface area contributed by atoms with E-state index < -0.39 is 10.0 Å². The van der Waals surface area contributed by atoms with Crippen LogP contribution in [-0.2, 0) is 10.0 Å². The van der Waals surface area contributed by atoms with E-state index in [1.165, 1.54) is 16.4 Å². The van der Waals surface area contributed by atoms with E-state index in [-0.39, 0.29) is 16.7 Å². The summed E-state index contributed by atoms with van der Waals surface area (Å²) in [5.41, 5.74) is 0. The molecule has 1 aromatic rings. The number of nitrogens with zero attached hydrogens (tertiary/aromatic N) is 2. The highest BCUT2D eigenvalue weighted by atomic mass is 32.2. The molecule has 1 aliphatic rings. The summed E-state index contributed by atoms with van der Waals surface area (Å²) < 4.78 is 26.5. The van der Waals surface area contributed by atoms with E-state index in [0.717, 1.165) is 12.8 Å². The van der Waals surface area contributed by atoms with Gasteiger partial charge >= 0.3 is 0 Å². The normalized spacial score (nSPS) is 21.7. The maximum atomic E-state index is 12.5. The van der Waals surface area contributed by atoms with Crippen molar-refractivity contribution in [3.8, 4) is 5.75 Å². The van der Waals surface area contributed by atoms with Gasteiger partial charge in [0, 0.05) is 19.1 Å². The minimum Gasteiger partial charge on any atom is -0.507 e. The molecule has 0 saturated carbocycles. The largest absolute Gasteiger partial charge is 0.507 e. The minimum absolute atomic E-state index is 0.00518. The SMILES string of the molecule is CN(C)C1CCCN(S(=O)(=O)c2ccccc2O)C1. The molecule has 2 rings (SSSR count). The Morgan fingerprint density at radius 3 is 2.63 bits per heavy atom. The molecule has 1 N–H and O–H groups in total. The predicted molar refractivity (Wildman–Crippen MR) is 73.6 cm³/mol. The summed E-state index contributed by atoms with van der Waals surface area (Å²) >= 11 is 0. The lowest BCUT2D eigenvalue weighted by Gasteiger charge is -2.35. The Labute approximate surface area is 114 Å². The van der Waals surface area contributed by atoms with Crippen molar-refractivity contribution in [3.63, 3.8) is 0 Å². The zero-order chi connectivity index (χ0) is 14.0. The fourth-order valence-corrected chi connectivity index (χ4v) is 3.97. The average molecular weight is 284 g/mol. The molecule has 1 atom stereocenters. The highest BCUT2D eigenvalue weighted by Crippen LogP contribution is 2.27. The lowest BCUT2D eigenvalue weighted by molar-refractivity contribution is 0.190. The molecule has 1 saturated heterocycles. The molecule has 0 aromatic heterocycles. The molecule has 1 heterocycles. The van der Waals surface area contributed by atoms with Gasteiger partial charge in [-0.3, -0.25) is 0 Å². The molecule has 1 unspecified atom stereocenters. The van der Waals surface area contributed by atoms with Gasteiger partial charge in [0.15, 0.2) is 0 Å². The summed E-state index contributed by atoms with van der Waals surface area (Å²) in [6.07, 6.45) is 1.84. The molecule has 1 aromatic carbocycles. The van der Waals surface area contributed by atoms with E-state index in [1.54, 1.807) is 12.1 Å². The number of likely N-dealkylation sites (N-methyl/N-ethyl adjacent to an activating group) is 1. The monoisotopic (exact) mass is 284 g/mol. The van der Waals surface area contributed by atoms with Crippen LogP contribution in [0.25, 0.3) is 0 Å². The summed E-state index contributed by atoms with van der Waals surface area (Å²) in [5, 5.41) is 9.74. The molecule has 5 nitrogen and oxygen atoms in total. The van der Waals surface area contributed by atoms with Crippen molar-refractivity contribution in [2.75, 3.05) is 27.2 Å². The second kappa shape index (κ2) is 5.48. The van der Waals surface area contributed by atoms with Gasteiger partial charge in [0.05, 0.1) is 0 Å². The van der Waals surface area contributed by atoms with E-state index in [2.05, 4.69) is 0 Å². The first-order valence-electron chi connectivity index (χ1n) is 6.37. The van der Waals surface area contributed by atoms with Crippen LogP contribution in [-0.4, -0.2) is 56.0 Å². The van der Waals surface area contributed by atoms with E-state index in [4.69, 9.17) is 0 Å². The Morgan fingerprint density at radius 2 is 2.00 bits per heavy atom. The molecule has 1 fully saturated rings. The molecule has 0 spiro atoms. The second-order valence-corrected chi connectivity index (χ2v) is 7.00. The van der Waals surface area contributed by atoms with Gasteiger partial charge in [-0.1, -0.05) is 12.1 Å². The third-order valence-electron chi connectivity index (χ3n) is 3.57. The van der Waals surface area contributed by atoms with Crippen LogP contribution in [0.2, 0.25) is 0 Å². The van der Waals surface area contributed by atoms with Crippen molar-refractivity contribution >= 4 is 10.0 Å². The Hall–Kier alpha value is -1.11. The number of phenols is 1. The van der Waals surface area contributed by atoms with Crippen LogP contribution < -0.4 is 0 Å². The fraction of sp³-hybridized carbons (Fsp3) is 0.538. The molecule has 0 bridgehead atoms. The number of sulfonamides is 1. The van der Waals surface area contributed by atoms with Crippen LogP contribution in [0.4, 0.5) is 0 Å². The number of rotatable bonds is 3. The number of para-hydroxylation sites is 1. The van der Waals surface area contributed by atoms with Gasteiger partial charge in [-0.05, 0) is 39.1 Å². The molecule has 1 aliphatic heterocycles. The highest BCUT2D eigenvalue weighted by Gasteiger charge is 2.32. The van der Waals surface area contributed by atoms with Crippen LogP contribution in [0.1, 0.15) is 12.8 Å². The van der Waals surface area contributed by atoms with Crippen molar-refractivity contribution < 1.29 is 13.5 Å². The average Bonchev–Trinajstić information content (AvgIpc) is 2.39. The summed E-state index contributed by atoms with van der Waals surface area (Å²) in [5.74, 6) is -0.186. The first-order valence-corrected chi connectivity index (χ1v) is 7.81. The summed E-state index contributed by atoms with van der Waals surface area (Å²) in [6.45, 7) is 0.991. The van der Waals surface area contributed by atoms with E-state index >= 15 is 0 Å². The third kappa shape index (κ3) is 2.91. The number of benzene rings is 1. The first kappa shape index (κ1) is 14.3. The van der Waals surface area contributed by atoms with Gasteiger partial charge in [0.1, 0.15) is 10.6 Å². The van der Waals surface area contributed by atoms with Gasteiger partial charge in [-0.25, -0.2) is 8.42 Å². The van der Waals surface area contributed by atoms with Crippen molar-refractivity contribution in [1.29, 1.82) is 0 Å². The number of hydrogen-bond acceptors (Lipinski definition) is 4. The van der Waals surface area contributed by atoms with Gasteiger partial charge in [0.25, 0.3) is 0 Å². The van der Waals surface area contributed by atoms with Crippen molar-refractivity contribution in [2.24, 2.45) is 0 Å². The van der Waals surface area contributed by atoms with Gasteiger partial charge in [-0.2, -0.15) is 4.31 Å². The molecule has 106 valence electrons. The maximum absolute atomic E-state index is 12.5. The van der Waals surface area contributed by atoms with Crippen LogP contribution in [0, 0.1) is 0 Å². The standard InChI is InChI=1S/C13H20N2O3S/c1-14(2)11-6-5-9-15(10-11)19(17,18)13-8-4-3-7-12(13)16/h3-4,7-8,11,16H,5-6,9-10H2,1-2H3. The van der Waals surface area contributed by atoms with Crippen LogP contribution in [0.3, 0.4) is 0 Å². The van der Waals surface area contributed by atoms with E-state index in [1.807, 2.05) is 19.0 Å². The zero-order valence-corrected chi connectivity index (χ0v) is 12.1. The highest BCUT2D eigenvalue weighted by molar-refractivity contribution is 7.89. The first-order chi connectivity index (χ1) is 8.93. The Kier molecular flexibility index (Phi) is 4.13. The van der Waals surface area contributed by atoms with Gasteiger partial charge in [-0.15, -0.1) is 0 Å². The van der Waals surface area contributed by atoms with Gasteiger partial charge in [0.2, 0.25) is 10.0 Å².